The van der Waals surface area contributed by atoms with Crippen LogP contribution in [-0.4, -0.2) is 34.9 Å². The van der Waals surface area contributed by atoms with Crippen molar-refractivity contribution in [2.24, 2.45) is 0 Å². The summed E-state index contributed by atoms with van der Waals surface area (Å²) >= 11 is 4.23. The molecule has 1 saturated heterocycles. The minimum absolute atomic E-state index is 0.200. The van der Waals surface area contributed by atoms with Crippen molar-refractivity contribution >= 4 is 18.7 Å². The van der Waals surface area contributed by atoms with E-state index in [0.717, 1.165) is 25.1 Å². The fourth-order valence-corrected chi connectivity index (χ4v) is 1.97. The molecule has 1 rings (SSSR count). The van der Waals surface area contributed by atoms with E-state index in [1.807, 2.05) is 20.8 Å². The topological polar surface area (TPSA) is 29.5 Å². The Bertz CT molecular complexity index is 213. The Kier molecular flexibility index (Phi) is 3.70. The van der Waals surface area contributed by atoms with Crippen molar-refractivity contribution in [2.75, 3.05) is 12.3 Å². The number of carbonyl (C=O) groups excluding carboxylic acids is 1. The zero-order valence-corrected chi connectivity index (χ0v) is 10.0. The van der Waals surface area contributed by atoms with Gasteiger partial charge in [0.15, 0.2) is 0 Å². The Morgan fingerprint density at radius 3 is 2.71 bits per heavy atom. The maximum atomic E-state index is 11.7. The number of ether oxygens (including phenoxy) is 1. The Hall–Kier alpha value is -0.380. The molecule has 0 N–H and O–H groups in total. The third-order valence-electron chi connectivity index (χ3n) is 2.22. The lowest BCUT2D eigenvalue weighted by molar-refractivity contribution is 0.0242. The molecule has 1 amide bonds. The molecule has 0 unspecified atom stereocenters. The van der Waals surface area contributed by atoms with Crippen LogP contribution < -0.4 is 0 Å². The number of amides is 1. The van der Waals surface area contributed by atoms with Crippen molar-refractivity contribution in [3.05, 3.63) is 0 Å². The Labute approximate surface area is 91.2 Å². The van der Waals surface area contributed by atoms with Gasteiger partial charge in [0.05, 0.1) is 0 Å². The van der Waals surface area contributed by atoms with Gasteiger partial charge in [-0.3, -0.25) is 0 Å². The van der Waals surface area contributed by atoms with Crippen molar-refractivity contribution in [3.63, 3.8) is 0 Å². The molecule has 4 heteroatoms. The third-order valence-corrected chi connectivity index (χ3v) is 2.64. The molecule has 1 heterocycles. The summed E-state index contributed by atoms with van der Waals surface area (Å²) in [6.07, 6.45) is 1.90. The van der Waals surface area contributed by atoms with E-state index in [2.05, 4.69) is 12.6 Å². The van der Waals surface area contributed by atoms with Gasteiger partial charge in [-0.1, -0.05) is 0 Å². The van der Waals surface area contributed by atoms with Crippen LogP contribution in [0.1, 0.15) is 33.6 Å². The quantitative estimate of drug-likeness (QED) is 0.683. The highest BCUT2D eigenvalue weighted by molar-refractivity contribution is 7.80. The van der Waals surface area contributed by atoms with Crippen molar-refractivity contribution in [1.82, 2.24) is 4.90 Å². The SMILES string of the molecule is CC(C)(C)OC(=O)N1CCC[C@@H]1CS. The molecule has 14 heavy (non-hydrogen) atoms. The molecule has 0 spiro atoms. The lowest BCUT2D eigenvalue weighted by atomic mass is 10.2. The number of nitrogens with zero attached hydrogens (tertiary/aromatic N) is 1. The molecular weight excluding hydrogens is 198 g/mol. The molecule has 0 aromatic carbocycles. The summed E-state index contributed by atoms with van der Waals surface area (Å²) in [6.45, 7) is 6.46. The molecule has 3 nitrogen and oxygen atoms in total. The second kappa shape index (κ2) is 4.43. The predicted molar refractivity (Wildman–Crippen MR) is 59.8 cm³/mol. The van der Waals surface area contributed by atoms with E-state index in [-0.39, 0.29) is 12.1 Å². The maximum absolute atomic E-state index is 11.7. The number of likely N-dealkylation sites (tertiary alicyclic amines) is 1. The van der Waals surface area contributed by atoms with Gasteiger partial charge in [0.2, 0.25) is 0 Å². The molecule has 0 saturated carbocycles. The first kappa shape index (κ1) is 11.7. The van der Waals surface area contributed by atoms with Gasteiger partial charge in [-0.15, -0.1) is 0 Å². The molecule has 0 radical (unpaired) electrons. The fourth-order valence-electron chi connectivity index (χ4n) is 1.59. The number of rotatable bonds is 1. The van der Waals surface area contributed by atoms with Crippen LogP contribution in [0.15, 0.2) is 0 Å². The highest BCUT2D eigenvalue weighted by atomic mass is 32.1. The van der Waals surface area contributed by atoms with Crippen molar-refractivity contribution in [1.29, 1.82) is 0 Å². The van der Waals surface area contributed by atoms with Crippen LogP contribution in [0.25, 0.3) is 0 Å². The van der Waals surface area contributed by atoms with Gasteiger partial charge < -0.3 is 9.64 Å². The van der Waals surface area contributed by atoms with E-state index in [0.29, 0.717) is 0 Å². The van der Waals surface area contributed by atoms with E-state index >= 15 is 0 Å². The first-order chi connectivity index (χ1) is 6.44. The number of carbonyl (C=O) groups is 1. The summed E-state index contributed by atoms with van der Waals surface area (Å²) in [5, 5.41) is 0. The zero-order chi connectivity index (χ0) is 10.8. The fraction of sp³-hybridized carbons (Fsp3) is 0.900. The molecule has 82 valence electrons. The summed E-state index contributed by atoms with van der Waals surface area (Å²) in [5.74, 6) is 0.721. The lowest BCUT2D eigenvalue weighted by Gasteiger charge is -2.27. The third kappa shape index (κ3) is 3.08. The van der Waals surface area contributed by atoms with Gasteiger partial charge in [0.25, 0.3) is 0 Å². The average Bonchev–Trinajstić information content (AvgIpc) is 2.47. The van der Waals surface area contributed by atoms with E-state index in [1.165, 1.54) is 0 Å². The second-order valence-electron chi connectivity index (χ2n) is 4.65. The van der Waals surface area contributed by atoms with Crippen LogP contribution >= 0.6 is 12.6 Å². The van der Waals surface area contributed by atoms with Gasteiger partial charge in [0.1, 0.15) is 5.60 Å². The Morgan fingerprint density at radius 2 is 2.21 bits per heavy atom. The van der Waals surface area contributed by atoms with Gasteiger partial charge in [-0.25, -0.2) is 4.79 Å². The molecule has 1 fully saturated rings. The van der Waals surface area contributed by atoms with Crippen LogP contribution in [0.3, 0.4) is 0 Å². The minimum Gasteiger partial charge on any atom is -0.444 e. The van der Waals surface area contributed by atoms with Crippen LogP contribution in [0.2, 0.25) is 0 Å². The van der Waals surface area contributed by atoms with Crippen LogP contribution in [-0.2, 0) is 4.74 Å². The monoisotopic (exact) mass is 217 g/mol. The minimum atomic E-state index is -0.402. The smallest absolute Gasteiger partial charge is 0.410 e. The Balaban J connectivity index is 2.52. The molecule has 0 bridgehead atoms. The molecule has 1 aliphatic rings. The highest BCUT2D eigenvalue weighted by Gasteiger charge is 2.30. The maximum Gasteiger partial charge on any atom is 0.410 e. The summed E-state index contributed by atoms with van der Waals surface area (Å²) in [4.78, 5) is 13.5. The normalized spacial score (nSPS) is 22.6. The molecular formula is C10H19NO2S. The van der Waals surface area contributed by atoms with Crippen molar-refractivity contribution in [2.45, 2.75) is 45.3 Å². The Morgan fingerprint density at radius 1 is 1.57 bits per heavy atom. The number of thiol groups is 1. The summed E-state index contributed by atoms with van der Waals surface area (Å²) in [6, 6.07) is 0.258. The summed E-state index contributed by atoms with van der Waals surface area (Å²) < 4.78 is 5.31. The number of hydrogen-bond acceptors (Lipinski definition) is 3. The van der Waals surface area contributed by atoms with Crippen LogP contribution in [0.5, 0.6) is 0 Å². The first-order valence-corrected chi connectivity index (χ1v) is 5.68. The van der Waals surface area contributed by atoms with Crippen LogP contribution in [0, 0.1) is 0 Å². The molecule has 0 aliphatic carbocycles. The highest BCUT2D eigenvalue weighted by Crippen LogP contribution is 2.21. The van der Waals surface area contributed by atoms with Gasteiger partial charge in [-0.2, -0.15) is 12.6 Å². The van der Waals surface area contributed by atoms with Crippen LogP contribution in [0.4, 0.5) is 4.79 Å². The molecule has 0 aromatic rings. The largest absolute Gasteiger partial charge is 0.444 e. The molecule has 1 atom stereocenters. The van der Waals surface area contributed by atoms with Crippen molar-refractivity contribution < 1.29 is 9.53 Å². The summed E-state index contributed by atoms with van der Waals surface area (Å²) in [5.41, 5.74) is -0.402. The standard InChI is InChI=1S/C10H19NO2S/c1-10(2,3)13-9(12)11-6-4-5-8(11)7-14/h8,14H,4-7H2,1-3H3/t8-/m1/s1. The van der Waals surface area contributed by atoms with Gasteiger partial charge >= 0.3 is 6.09 Å². The van der Waals surface area contributed by atoms with E-state index in [1.54, 1.807) is 4.90 Å². The van der Waals surface area contributed by atoms with Gasteiger partial charge in [-0.05, 0) is 33.6 Å². The molecule has 1 aliphatic heterocycles. The second-order valence-corrected chi connectivity index (χ2v) is 5.02. The first-order valence-electron chi connectivity index (χ1n) is 5.04. The van der Waals surface area contributed by atoms with E-state index in [4.69, 9.17) is 4.74 Å². The predicted octanol–water partition coefficient (Wildman–Crippen LogP) is 2.32. The average molecular weight is 217 g/mol. The van der Waals surface area contributed by atoms with E-state index < -0.39 is 5.60 Å². The van der Waals surface area contributed by atoms with Crippen molar-refractivity contribution in [3.8, 4) is 0 Å². The number of hydrogen-bond donors (Lipinski definition) is 1. The summed E-state index contributed by atoms with van der Waals surface area (Å²) in [7, 11) is 0. The lowest BCUT2D eigenvalue weighted by Crippen LogP contribution is -2.40. The zero-order valence-electron chi connectivity index (χ0n) is 9.12. The van der Waals surface area contributed by atoms with E-state index in [9.17, 15) is 4.79 Å². The van der Waals surface area contributed by atoms with Gasteiger partial charge in [0, 0.05) is 18.3 Å². The molecule has 0 aromatic heterocycles.